The molecule has 2 aromatic rings. The Bertz CT molecular complexity index is 833. The molecule has 2 heterocycles. The number of hydrogen-bond donors (Lipinski definition) is 2. The molecule has 9 nitrogen and oxygen atoms in total. The first-order valence-corrected chi connectivity index (χ1v) is 8.72. The fourth-order valence-electron chi connectivity index (χ4n) is 3.20. The van der Waals surface area contributed by atoms with E-state index in [1.54, 1.807) is 17.7 Å². The molecular formula is C16H21N7O2. The summed E-state index contributed by atoms with van der Waals surface area (Å²) in [5, 5.41) is 14.2. The van der Waals surface area contributed by atoms with E-state index in [1.807, 2.05) is 0 Å². The predicted molar refractivity (Wildman–Crippen MR) is 87.9 cm³/mol. The molecule has 0 radical (unpaired) electrons. The molecule has 9 heteroatoms. The van der Waals surface area contributed by atoms with Gasteiger partial charge in [0.25, 0.3) is 5.56 Å². The largest absolute Gasteiger partial charge is 0.353 e. The number of amides is 1. The van der Waals surface area contributed by atoms with Crippen molar-refractivity contribution in [3.63, 3.8) is 0 Å². The Kier molecular flexibility index (Phi) is 4.06. The van der Waals surface area contributed by atoms with Crippen LogP contribution in [0, 0.1) is 6.92 Å². The van der Waals surface area contributed by atoms with Crippen LogP contribution >= 0.6 is 0 Å². The maximum atomic E-state index is 12.0. The molecule has 2 N–H and O–H groups in total. The quantitative estimate of drug-likeness (QED) is 0.783. The van der Waals surface area contributed by atoms with Gasteiger partial charge in [0.2, 0.25) is 5.91 Å². The van der Waals surface area contributed by atoms with E-state index in [9.17, 15) is 9.59 Å². The molecule has 0 saturated heterocycles. The first-order valence-electron chi connectivity index (χ1n) is 8.72. The standard InChI is InChI=1S/C16H21N7O2/c1-9-20-21-22-23(9)5-4-14(24)17-12-6-11(7-12)13-8-15(25)19-16(18-13)10-2-3-10/h8,10-12H,2-7H2,1H3,(H,17,24)(H,18,19,25). The molecule has 0 bridgehead atoms. The zero-order chi connectivity index (χ0) is 17.4. The van der Waals surface area contributed by atoms with Crippen molar-refractivity contribution >= 4 is 5.91 Å². The lowest BCUT2D eigenvalue weighted by molar-refractivity contribution is -0.122. The third kappa shape index (κ3) is 3.59. The molecule has 4 rings (SSSR count). The van der Waals surface area contributed by atoms with E-state index in [0.717, 1.165) is 37.2 Å². The van der Waals surface area contributed by atoms with Crippen LogP contribution in [-0.2, 0) is 11.3 Å². The zero-order valence-electron chi connectivity index (χ0n) is 14.1. The minimum atomic E-state index is -0.0730. The van der Waals surface area contributed by atoms with Crippen molar-refractivity contribution in [3.05, 3.63) is 33.8 Å². The van der Waals surface area contributed by atoms with E-state index < -0.39 is 0 Å². The summed E-state index contributed by atoms with van der Waals surface area (Å²) in [4.78, 5) is 31.3. The summed E-state index contributed by atoms with van der Waals surface area (Å²) in [6, 6.07) is 1.74. The van der Waals surface area contributed by atoms with Crippen LogP contribution in [0.3, 0.4) is 0 Å². The molecule has 2 saturated carbocycles. The molecule has 2 aromatic heterocycles. The predicted octanol–water partition coefficient (Wildman–Crippen LogP) is 0.395. The Balaban J connectivity index is 1.27. The van der Waals surface area contributed by atoms with Crippen molar-refractivity contribution in [2.75, 3.05) is 0 Å². The molecule has 2 aliphatic carbocycles. The average Bonchev–Trinajstić information content (AvgIpc) is 3.31. The van der Waals surface area contributed by atoms with E-state index in [0.29, 0.717) is 24.7 Å². The van der Waals surface area contributed by atoms with Crippen LogP contribution < -0.4 is 10.9 Å². The second-order valence-electron chi connectivity index (χ2n) is 6.96. The maximum absolute atomic E-state index is 12.0. The number of rotatable bonds is 6. The first-order chi connectivity index (χ1) is 12.1. The Morgan fingerprint density at radius 1 is 1.36 bits per heavy atom. The van der Waals surface area contributed by atoms with Crippen LogP contribution in [0.1, 0.15) is 61.3 Å². The molecule has 0 unspecified atom stereocenters. The SMILES string of the molecule is Cc1nnnn1CCC(=O)NC1CC(c2cc(=O)[nH]c(C3CC3)n2)C1. The lowest BCUT2D eigenvalue weighted by atomic mass is 9.78. The van der Waals surface area contributed by atoms with Crippen LogP contribution in [0.2, 0.25) is 0 Å². The second kappa shape index (κ2) is 6.38. The molecular weight excluding hydrogens is 322 g/mol. The molecule has 25 heavy (non-hydrogen) atoms. The molecule has 132 valence electrons. The summed E-state index contributed by atoms with van der Waals surface area (Å²) in [5.74, 6) is 2.20. The van der Waals surface area contributed by atoms with Gasteiger partial charge in [-0.3, -0.25) is 9.59 Å². The Morgan fingerprint density at radius 2 is 2.16 bits per heavy atom. The number of aromatic nitrogens is 6. The van der Waals surface area contributed by atoms with Gasteiger partial charge >= 0.3 is 0 Å². The molecule has 2 aliphatic rings. The van der Waals surface area contributed by atoms with Gasteiger partial charge in [0, 0.05) is 30.4 Å². The number of carbonyl (C=O) groups excluding carboxylic acids is 1. The lowest BCUT2D eigenvalue weighted by Gasteiger charge is -2.35. The number of carbonyl (C=O) groups is 1. The normalized spacial score (nSPS) is 22.4. The Morgan fingerprint density at radius 3 is 2.84 bits per heavy atom. The summed E-state index contributed by atoms with van der Waals surface area (Å²) in [5.41, 5.74) is 0.789. The highest BCUT2D eigenvalue weighted by molar-refractivity contribution is 5.76. The highest BCUT2D eigenvalue weighted by atomic mass is 16.1. The van der Waals surface area contributed by atoms with Crippen molar-refractivity contribution < 1.29 is 4.79 Å². The summed E-state index contributed by atoms with van der Waals surface area (Å²) in [7, 11) is 0. The molecule has 2 fully saturated rings. The average molecular weight is 343 g/mol. The maximum Gasteiger partial charge on any atom is 0.251 e. The minimum Gasteiger partial charge on any atom is -0.353 e. The van der Waals surface area contributed by atoms with E-state index in [4.69, 9.17) is 0 Å². The molecule has 0 spiro atoms. The van der Waals surface area contributed by atoms with Gasteiger partial charge < -0.3 is 10.3 Å². The minimum absolute atomic E-state index is 0.00381. The van der Waals surface area contributed by atoms with E-state index in [2.05, 4.69) is 30.8 Å². The summed E-state index contributed by atoms with van der Waals surface area (Å²) in [6.45, 7) is 2.28. The van der Waals surface area contributed by atoms with Crippen LogP contribution in [0.25, 0.3) is 0 Å². The van der Waals surface area contributed by atoms with Gasteiger partial charge in [-0.2, -0.15) is 0 Å². The number of nitrogens with zero attached hydrogens (tertiary/aromatic N) is 5. The lowest BCUT2D eigenvalue weighted by Crippen LogP contribution is -2.44. The van der Waals surface area contributed by atoms with E-state index in [-0.39, 0.29) is 23.4 Å². The first kappa shape index (κ1) is 15.9. The van der Waals surface area contributed by atoms with Crippen molar-refractivity contribution in [1.29, 1.82) is 0 Å². The zero-order valence-corrected chi connectivity index (χ0v) is 14.1. The summed E-state index contributed by atoms with van der Waals surface area (Å²) in [6.07, 6.45) is 4.22. The third-order valence-corrected chi connectivity index (χ3v) is 4.93. The highest BCUT2D eigenvalue weighted by Crippen LogP contribution is 2.40. The molecule has 1 amide bonds. The van der Waals surface area contributed by atoms with Gasteiger partial charge in [0.15, 0.2) is 0 Å². The smallest absolute Gasteiger partial charge is 0.251 e. The monoisotopic (exact) mass is 343 g/mol. The number of tetrazole rings is 1. The number of aryl methyl sites for hydroxylation is 2. The fraction of sp³-hybridized carbons (Fsp3) is 0.625. The van der Waals surface area contributed by atoms with Crippen molar-refractivity contribution in [2.24, 2.45) is 0 Å². The number of nitrogens with one attached hydrogen (secondary N) is 2. The number of H-pyrrole nitrogens is 1. The Hall–Kier alpha value is -2.58. The topological polar surface area (TPSA) is 118 Å². The molecule has 0 aliphatic heterocycles. The van der Waals surface area contributed by atoms with Crippen LogP contribution in [0.15, 0.2) is 10.9 Å². The van der Waals surface area contributed by atoms with Gasteiger partial charge in [0.05, 0.1) is 12.2 Å². The van der Waals surface area contributed by atoms with Gasteiger partial charge in [-0.1, -0.05) is 0 Å². The second-order valence-corrected chi connectivity index (χ2v) is 6.96. The summed E-state index contributed by atoms with van der Waals surface area (Å²) < 4.78 is 1.61. The summed E-state index contributed by atoms with van der Waals surface area (Å²) >= 11 is 0. The fourth-order valence-corrected chi connectivity index (χ4v) is 3.20. The van der Waals surface area contributed by atoms with Gasteiger partial charge in [-0.05, 0) is 43.0 Å². The molecule has 0 aromatic carbocycles. The van der Waals surface area contributed by atoms with E-state index in [1.165, 1.54) is 0 Å². The number of aromatic amines is 1. The number of hydrogen-bond acceptors (Lipinski definition) is 6. The van der Waals surface area contributed by atoms with Gasteiger partial charge in [-0.25, -0.2) is 9.67 Å². The van der Waals surface area contributed by atoms with Gasteiger partial charge in [0.1, 0.15) is 11.6 Å². The van der Waals surface area contributed by atoms with Gasteiger partial charge in [-0.15, -0.1) is 5.10 Å². The Labute approximate surface area is 144 Å². The van der Waals surface area contributed by atoms with E-state index >= 15 is 0 Å². The van der Waals surface area contributed by atoms with Crippen molar-refractivity contribution in [2.45, 2.75) is 63.5 Å². The van der Waals surface area contributed by atoms with Crippen LogP contribution in [-0.4, -0.2) is 42.1 Å². The molecule has 0 atom stereocenters. The van der Waals surface area contributed by atoms with Crippen LogP contribution in [0.4, 0.5) is 0 Å². The van der Waals surface area contributed by atoms with Crippen LogP contribution in [0.5, 0.6) is 0 Å². The third-order valence-electron chi connectivity index (χ3n) is 4.93. The van der Waals surface area contributed by atoms with Crippen molar-refractivity contribution in [3.8, 4) is 0 Å². The van der Waals surface area contributed by atoms with Crippen molar-refractivity contribution in [1.82, 2.24) is 35.5 Å². The highest BCUT2D eigenvalue weighted by Gasteiger charge is 2.34.